The van der Waals surface area contributed by atoms with Gasteiger partial charge in [0.05, 0.1) is 20.6 Å². The van der Waals surface area contributed by atoms with Crippen molar-refractivity contribution in [1.29, 1.82) is 0 Å². The molecular formula is C21H39Cl3N4. The number of nitrogens with zero attached hydrogens (tertiary/aromatic N) is 4. The van der Waals surface area contributed by atoms with Gasteiger partial charge in [0, 0.05) is 0 Å². The molecular weight excluding hydrogens is 415 g/mol. The van der Waals surface area contributed by atoms with Crippen molar-refractivity contribution in [3.63, 3.8) is 0 Å². The molecule has 0 atom stereocenters. The summed E-state index contributed by atoms with van der Waals surface area (Å²) in [5.41, 5.74) is 0. The van der Waals surface area contributed by atoms with E-state index in [9.17, 15) is 0 Å². The van der Waals surface area contributed by atoms with Crippen LogP contribution in [0.1, 0.15) is 96.8 Å². The summed E-state index contributed by atoms with van der Waals surface area (Å²) in [5.74, 6) is 0.634. The highest BCUT2D eigenvalue weighted by molar-refractivity contribution is 6.31. The lowest BCUT2D eigenvalue weighted by Crippen LogP contribution is -3.00. The Morgan fingerprint density at radius 3 is 1.36 bits per heavy atom. The maximum absolute atomic E-state index is 5.89. The minimum absolute atomic E-state index is 0. The number of hydrogen-bond acceptors (Lipinski definition) is 3. The van der Waals surface area contributed by atoms with Crippen molar-refractivity contribution in [1.82, 2.24) is 19.4 Å². The summed E-state index contributed by atoms with van der Waals surface area (Å²) >= 11 is 11.8. The summed E-state index contributed by atoms with van der Waals surface area (Å²) in [4.78, 5) is 12.3. The van der Waals surface area contributed by atoms with E-state index in [0.29, 0.717) is 10.4 Å². The highest BCUT2D eigenvalue weighted by atomic mass is 35.5. The van der Waals surface area contributed by atoms with E-state index in [2.05, 4.69) is 36.0 Å². The monoisotopic (exact) mass is 452 g/mol. The van der Waals surface area contributed by atoms with E-state index in [4.69, 9.17) is 23.2 Å². The second-order valence-corrected chi connectivity index (χ2v) is 8.85. The molecule has 1 rings (SSSR count). The van der Waals surface area contributed by atoms with Gasteiger partial charge >= 0.3 is 5.95 Å². The van der Waals surface area contributed by atoms with E-state index < -0.39 is 0 Å². The van der Waals surface area contributed by atoms with Crippen molar-refractivity contribution >= 4 is 29.2 Å². The molecule has 164 valence electrons. The third-order valence-electron chi connectivity index (χ3n) is 5.18. The molecule has 1 aromatic heterocycles. The lowest BCUT2D eigenvalue weighted by molar-refractivity contribution is -0.00000612. The van der Waals surface area contributed by atoms with E-state index in [1.165, 1.54) is 83.5 Å². The first-order chi connectivity index (χ1) is 13.0. The number of rotatable bonds is 16. The molecule has 0 N–H and O–H groups in total. The summed E-state index contributed by atoms with van der Waals surface area (Å²) in [5, 5.41) is 0.328. The van der Waals surface area contributed by atoms with Crippen molar-refractivity contribution in [3.05, 3.63) is 10.6 Å². The summed E-state index contributed by atoms with van der Waals surface area (Å²) in [7, 11) is 4.18. The van der Waals surface area contributed by atoms with Crippen LogP contribution in [0, 0.1) is 0 Å². The Balaban J connectivity index is 0.00000729. The molecule has 7 heteroatoms. The topological polar surface area (TPSA) is 38.7 Å². The van der Waals surface area contributed by atoms with E-state index in [1.807, 2.05) is 0 Å². The van der Waals surface area contributed by atoms with Gasteiger partial charge in [0.1, 0.15) is 0 Å². The number of halogens is 3. The third-order valence-corrected chi connectivity index (χ3v) is 5.52. The van der Waals surface area contributed by atoms with Crippen LogP contribution >= 0.6 is 23.2 Å². The smallest absolute Gasteiger partial charge is 0.334 e. The van der Waals surface area contributed by atoms with Gasteiger partial charge in [-0.05, 0) is 36.0 Å². The molecule has 0 saturated heterocycles. The Labute approximate surface area is 188 Å². The Morgan fingerprint density at radius 2 is 0.964 bits per heavy atom. The molecule has 0 aliphatic heterocycles. The van der Waals surface area contributed by atoms with E-state index in [1.54, 1.807) is 0 Å². The lowest BCUT2D eigenvalue weighted by atomic mass is 10.0. The molecule has 0 bridgehead atoms. The average Bonchev–Trinajstić information content (AvgIpc) is 2.61. The Bertz CT molecular complexity index is 492. The fourth-order valence-corrected chi connectivity index (χ4v) is 3.74. The molecule has 0 saturated carbocycles. The molecule has 0 fully saturated rings. The van der Waals surface area contributed by atoms with Crippen LogP contribution in [-0.4, -0.2) is 35.6 Å². The van der Waals surface area contributed by atoms with E-state index >= 15 is 0 Å². The first kappa shape index (κ1) is 27.8. The molecule has 0 amide bonds. The zero-order valence-electron chi connectivity index (χ0n) is 18.0. The molecule has 1 heterocycles. The molecule has 0 aromatic carbocycles. The zero-order chi connectivity index (χ0) is 20.0. The van der Waals surface area contributed by atoms with Gasteiger partial charge in [0.15, 0.2) is 0 Å². The SMILES string of the molecule is CCCCCCCCCCCCCCCC[N+](C)(C)c1nc(Cl)nc(Cl)n1.[Cl-]. The van der Waals surface area contributed by atoms with Crippen LogP contribution in [0.15, 0.2) is 0 Å². The second kappa shape index (κ2) is 16.6. The Morgan fingerprint density at radius 1 is 0.607 bits per heavy atom. The highest BCUT2D eigenvalue weighted by Gasteiger charge is 2.23. The van der Waals surface area contributed by atoms with Crippen LogP contribution in [0.25, 0.3) is 0 Å². The number of aromatic nitrogens is 3. The Hall–Kier alpha value is -0.160. The molecule has 28 heavy (non-hydrogen) atoms. The van der Waals surface area contributed by atoms with Gasteiger partial charge in [0.25, 0.3) is 0 Å². The molecule has 0 aliphatic carbocycles. The maximum Gasteiger partial charge on any atom is 0.334 e. The highest BCUT2D eigenvalue weighted by Crippen LogP contribution is 2.19. The minimum Gasteiger partial charge on any atom is -1.00 e. The normalized spacial score (nSPS) is 11.5. The number of hydrogen-bond donors (Lipinski definition) is 0. The molecule has 0 spiro atoms. The molecule has 1 aromatic rings. The van der Waals surface area contributed by atoms with Crippen LogP contribution in [0.2, 0.25) is 10.6 Å². The molecule has 0 aliphatic rings. The maximum atomic E-state index is 5.89. The van der Waals surface area contributed by atoms with Crippen LogP contribution < -0.4 is 16.9 Å². The van der Waals surface area contributed by atoms with E-state index in [-0.39, 0.29) is 23.0 Å². The van der Waals surface area contributed by atoms with Gasteiger partial charge < -0.3 is 12.4 Å². The van der Waals surface area contributed by atoms with Crippen molar-refractivity contribution < 1.29 is 12.4 Å². The third kappa shape index (κ3) is 13.1. The van der Waals surface area contributed by atoms with Crippen molar-refractivity contribution in [3.8, 4) is 0 Å². The fraction of sp³-hybridized carbons (Fsp3) is 0.857. The van der Waals surface area contributed by atoms with Crippen molar-refractivity contribution in [2.75, 3.05) is 20.6 Å². The molecule has 4 nitrogen and oxygen atoms in total. The minimum atomic E-state index is 0. The quantitative estimate of drug-likeness (QED) is 0.278. The predicted octanol–water partition coefficient (Wildman–Crippen LogP) is 4.23. The summed E-state index contributed by atoms with van der Waals surface area (Å²) in [6.45, 7) is 3.26. The summed E-state index contributed by atoms with van der Waals surface area (Å²) in [6, 6.07) is 0. The lowest BCUT2D eigenvalue weighted by Gasteiger charge is -2.26. The number of quaternary nitrogens is 1. The van der Waals surface area contributed by atoms with Gasteiger partial charge in [-0.15, -0.1) is 9.97 Å². The van der Waals surface area contributed by atoms with Gasteiger partial charge in [-0.1, -0.05) is 84.0 Å². The fourth-order valence-electron chi connectivity index (χ4n) is 3.39. The molecule has 0 unspecified atom stereocenters. The summed E-state index contributed by atoms with van der Waals surface area (Å²) in [6.07, 6.45) is 19.2. The van der Waals surface area contributed by atoms with Gasteiger partial charge in [-0.25, -0.2) is 0 Å². The largest absolute Gasteiger partial charge is 1.00 e. The zero-order valence-corrected chi connectivity index (χ0v) is 20.3. The number of unbranched alkanes of at least 4 members (excludes halogenated alkanes) is 13. The predicted molar refractivity (Wildman–Crippen MR) is 119 cm³/mol. The Kier molecular flexibility index (Phi) is 16.5. The van der Waals surface area contributed by atoms with Crippen LogP contribution in [-0.2, 0) is 0 Å². The van der Waals surface area contributed by atoms with E-state index in [0.717, 1.165) is 13.0 Å². The van der Waals surface area contributed by atoms with Crippen LogP contribution in [0.3, 0.4) is 0 Å². The first-order valence-electron chi connectivity index (χ1n) is 10.9. The van der Waals surface area contributed by atoms with Gasteiger partial charge in [-0.2, -0.15) is 4.98 Å². The molecule has 0 radical (unpaired) electrons. The van der Waals surface area contributed by atoms with Crippen molar-refractivity contribution in [2.45, 2.75) is 96.8 Å². The van der Waals surface area contributed by atoms with Crippen LogP contribution in [0.4, 0.5) is 5.95 Å². The average molecular weight is 454 g/mol. The summed E-state index contributed by atoms with van der Waals surface area (Å²) < 4.78 is 0.584. The standard InChI is InChI=1S/C21H39Cl2N4.ClH/c1-4-5-6-7-8-9-10-11-12-13-14-15-16-17-18-27(2,3)21-25-19(22)24-20(23)26-21;/h4-18H2,1-3H3;1H/q+1;/p-1. The van der Waals surface area contributed by atoms with Crippen molar-refractivity contribution in [2.24, 2.45) is 0 Å². The van der Waals surface area contributed by atoms with Gasteiger partial charge in [-0.3, -0.25) is 4.48 Å². The van der Waals surface area contributed by atoms with Gasteiger partial charge in [0.2, 0.25) is 10.6 Å². The van der Waals surface area contributed by atoms with Crippen LogP contribution in [0.5, 0.6) is 0 Å². The first-order valence-corrected chi connectivity index (χ1v) is 11.6. The second-order valence-electron chi connectivity index (χ2n) is 8.18.